The average Bonchev–Trinajstić information content (AvgIpc) is 2.31. The topological polar surface area (TPSA) is 79.5 Å². The Bertz CT molecular complexity index is 645. The van der Waals surface area contributed by atoms with Gasteiger partial charge in [-0.3, -0.25) is 4.79 Å². The maximum absolute atomic E-state index is 11.8. The molecule has 0 atom stereocenters. The molecule has 0 aliphatic heterocycles. The molecule has 0 radical (unpaired) electrons. The van der Waals surface area contributed by atoms with Crippen molar-refractivity contribution in [3.05, 3.63) is 64.1 Å². The molecule has 0 fully saturated rings. The van der Waals surface area contributed by atoms with Gasteiger partial charge in [-0.05, 0) is 29.8 Å². The van der Waals surface area contributed by atoms with Crippen molar-refractivity contribution in [1.82, 2.24) is 4.57 Å². The van der Waals surface area contributed by atoms with Gasteiger partial charge in [-0.15, -0.1) is 0 Å². The predicted octanol–water partition coefficient (Wildman–Crippen LogP) is 1.30. The normalized spacial score (nSPS) is 10.2. The van der Waals surface area contributed by atoms with E-state index in [1.165, 1.54) is 35.0 Å². The van der Waals surface area contributed by atoms with Crippen LogP contribution in [-0.2, 0) is 6.54 Å². The van der Waals surface area contributed by atoms with Crippen LogP contribution in [0.15, 0.2) is 47.4 Å². The van der Waals surface area contributed by atoms with E-state index in [4.69, 9.17) is 5.11 Å². The Morgan fingerprint density at radius 1 is 1.22 bits per heavy atom. The summed E-state index contributed by atoms with van der Waals surface area (Å²) in [5, 5.41) is 18.2. The van der Waals surface area contributed by atoms with Crippen LogP contribution in [0.4, 0.5) is 0 Å². The number of rotatable bonds is 3. The van der Waals surface area contributed by atoms with Crippen LogP contribution in [0.25, 0.3) is 0 Å². The van der Waals surface area contributed by atoms with Crippen LogP contribution < -0.4 is 5.56 Å². The highest BCUT2D eigenvalue weighted by Crippen LogP contribution is 2.11. The minimum atomic E-state index is -1.25. The van der Waals surface area contributed by atoms with Crippen LogP contribution in [0.1, 0.15) is 15.9 Å². The second-order valence-electron chi connectivity index (χ2n) is 3.83. The maximum Gasteiger partial charge on any atom is 0.341 e. The van der Waals surface area contributed by atoms with E-state index >= 15 is 0 Å². The van der Waals surface area contributed by atoms with Crippen molar-refractivity contribution in [3.8, 4) is 5.75 Å². The molecule has 2 rings (SSSR count). The van der Waals surface area contributed by atoms with Crippen molar-refractivity contribution >= 4 is 5.97 Å². The lowest BCUT2D eigenvalue weighted by Gasteiger charge is -2.06. The highest BCUT2D eigenvalue weighted by atomic mass is 16.4. The molecule has 0 saturated heterocycles. The lowest BCUT2D eigenvalue weighted by molar-refractivity contribution is 0.0694. The lowest BCUT2D eigenvalue weighted by atomic mass is 10.2. The number of carboxylic acids is 1. The molecular weight excluding hydrogens is 234 g/mol. The van der Waals surface area contributed by atoms with E-state index in [9.17, 15) is 14.7 Å². The Kier molecular flexibility index (Phi) is 3.14. The smallest absolute Gasteiger partial charge is 0.341 e. The average molecular weight is 245 g/mol. The molecule has 92 valence electrons. The van der Waals surface area contributed by atoms with Crippen molar-refractivity contribution in [2.45, 2.75) is 6.54 Å². The van der Waals surface area contributed by atoms with Crippen molar-refractivity contribution < 1.29 is 15.0 Å². The number of pyridine rings is 1. The summed E-state index contributed by atoms with van der Waals surface area (Å²) in [5.74, 6) is -1.14. The third kappa shape index (κ3) is 2.40. The van der Waals surface area contributed by atoms with Crippen LogP contribution in [0.2, 0.25) is 0 Å². The number of benzene rings is 1. The Morgan fingerprint density at radius 2 is 2.00 bits per heavy atom. The highest BCUT2D eigenvalue weighted by Gasteiger charge is 2.10. The Morgan fingerprint density at radius 3 is 2.67 bits per heavy atom. The predicted molar refractivity (Wildman–Crippen MR) is 64.9 cm³/mol. The summed E-state index contributed by atoms with van der Waals surface area (Å²) in [6.07, 6.45) is 1.51. The van der Waals surface area contributed by atoms with Crippen LogP contribution in [0, 0.1) is 0 Å². The molecule has 1 aromatic carbocycles. The van der Waals surface area contributed by atoms with Crippen molar-refractivity contribution in [2.75, 3.05) is 0 Å². The number of phenols is 1. The van der Waals surface area contributed by atoms with Gasteiger partial charge < -0.3 is 14.8 Å². The minimum Gasteiger partial charge on any atom is -0.508 e. The van der Waals surface area contributed by atoms with Gasteiger partial charge in [0.05, 0.1) is 6.54 Å². The summed E-state index contributed by atoms with van der Waals surface area (Å²) in [6, 6.07) is 9.24. The molecule has 0 unspecified atom stereocenters. The largest absolute Gasteiger partial charge is 0.508 e. The molecule has 2 aromatic rings. The van der Waals surface area contributed by atoms with E-state index in [1.807, 2.05) is 0 Å². The standard InChI is InChI=1S/C13H11NO4/c15-10-4-1-3-9(7-10)8-14-6-2-5-11(12(14)16)13(17)18/h1-7,15H,8H2,(H,17,18). The molecule has 2 N–H and O–H groups in total. The van der Waals surface area contributed by atoms with Crippen LogP contribution in [-0.4, -0.2) is 20.7 Å². The van der Waals surface area contributed by atoms with Gasteiger partial charge in [0.2, 0.25) is 0 Å². The number of nitrogens with zero attached hydrogens (tertiary/aromatic N) is 1. The second-order valence-corrected chi connectivity index (χ2v) is 3.83. The molecule has 1 aromatic heterocycles. The van der Waals surface area contributed by atoms with Gasteiger partial charge in [0, 0.05) is 6.20 Å². The van der Waals surface area contributed by atoms with E-state index in [1.54, 1.807) is 12.1 Å². The number of aromatic nitrogens is 1. The van der Waals surface area contributed by atoms with Crippen LogP contribution >= 0.6 is 0 Å². The van der Waals surface area contributed by atoms with Gasteiger partial charge in [-0.1, -0.05) is 12.1 Å². The van der Waals surface area contributed by atoms with Gasteiger partial charge in [0.15, 0.2) is 0 Å². The van der Waals surface area contributed by atoms with Crippen LogP contribution in [0.5, 0.6) is 5.75 Å². The summed E-state index contributed by atoms with van der Waals surface area (Å²) in [6.45, 7) is 0.217. The van der Waals surface area contributed by atoms with Crippen molar-refractivity contribution in [2.24, 2.45) is 0 Å². The SMILES string of the molecule is O=C(O)c1cccn(Cc2cccc(O)c2)c1=O. The van der Waals surface area contributed by atoms with Gasteiger partial charge in [-0.2, -0.15) is 0 Å². The number of aromatic carboxylic acids is 1. The lowest BCUT2D eigenvalue weighted by Crippen LogP contribution is -2.25. The number of carbonyl (C=O) groups is 1. The molecule has 0 spiro atoms. The molecule has 0 saturated carbocycles. The number of hydrogen-bond donors (Lipinski definition) is 2. The Hall–Kier alpha value is -2.56. The fraction of sp³-hybridized carbons (Fsp3) is 0.0769. The first kappa shape index (κ1) is 11.9. The Balaban J connectivity index is 2.38. The molecular formula is C13H11NO4. The Labute approximate surface area is 103 Å². The fourth-order valence-corrected chi connectivity index (χ4v) is 1.68. The minimum absolute atomic E-state index is 0.106. The second kappa shape index (κ2) is 4.75. The first-order valence-corrected chi connectivity index (χ1v) is 5.28. The van der Waals surface area contributed by atoms with E-state index in [-0.39, 0.29) is 17.9 Å². The van der Waals surface area contributed by atoms with E-state index in [0.29, 0.717) is 0 Å². The van der Waals surface area contributed by atoms with Crippen molar-refractivity contribution in [3.63, 3.8) is 0 Å². The fourth-order valence-electron chi connectivity index (χ4n) is 1.68. The summed E-state index contributed by atoms with van der Waals surface area (Å²) in [7, 11) is 0. The summed E-state index contributed by atoms with van der Waals surface area (Å²) < 4.78 is 1.29. The van der Waals surface area contributed by atoms with E-state index in [2.05, 4.69) is 0 Å². The van der Waals surface area contributed by atoms with Gasteiger partial charge in [0.1, 0.15) is 11.3 Å². The molecule has 1 heterocycles. The number of hydrogen-bond acceptors (Lipinski definition) is 3. The zero-order chi connectivity index (χ0) is 13.1. The number of aromatic hydroxyl groups is 1. The van der Waals surface area contributed by atoms with Crippen LogP contribution in [0.3, 0.4) is 0 Å². The summed E-state index contributed by atoms with van der Waals surface area (Å²) in [4.78, 5) is 22.6. The third-order valence-electron chi connectivity index (χ3n) is 2.51. The first-order valence-electron chi connectivity index (χ1n) is 5.28. The van der Waals surface area contributed by atoms with Gasteiger partial charge in [0.25, 0.3) is 5.56 Å². The summed E-state index contributed by atoms with van der Waals surface area (Å²) in [5.41, 5.74) is -0.106. The molecule has 18 heavy (non-hydrogen) atoms. The highest BCUT2D eigenvalue weighted by molar-refractivity contribution is 5.86. The molecule has 5 heteroatoms. The monoisotopic (exact) mass is 245 g/mol. The molecule has 0 bridgehead atoms. The molecule has 0 amide bonds. The van der Waals surface area contributed by atoms with Gasteiger partial charge >= 0.3 is 5.97 Å². The molecule has 0 aliphatic carbocycles. The molecule has 5 nitrogen and oxygen atoms in total. The first-order chi connectivity index (χ1) is 8.58. The quantitative estimate of drug-likeness (QED) is 0.854. The van der Waals surface area contributed by atoms with Crippen molar-refractivity contribution in [1.29, 1.82) is 0 Å². The zero-order valence-corrected chi connectivity index (χ0v) is 9.41. The van der Waals surface area contributed by atoms with E-state index in [0.717, 1.165) is 5.56 Å². The molecule has 0 aliphatic rings. The van der Waals surface area contributed by atoms with Gasteiger partial charge in [-0.25, -0.2) is 4.79 Å². The van der Waals surface area contributed by atoms with E-state index < -0.39 is 11.5 Å². The number of phenolic OH excluding ortho intramolecular Hbond substituents is 1. The summed E-state index contributed by atoms with van der Waals surface area (Å²) >= 11 is 0. The maximum atomic E-state index is 11.8. The third-order valence-corrected chi connectivity index (χ3v) is 2.51. The number of carboxylic acid groups (broad SMARTS) is 1. The zero-order valence-electron chi connectivity index (χ0n) is 9.41.